The van der Waals surface area contributed by atoms with Gasteiger partial charge in [0.2, 0.25) is 0 Å². The van der Waals surface area contributed by atoms with Gasteiger partial charge in [0, 0.05) is 25.8 Å². The lowest BCUT2D eigenvalue weighted by Gasteiger charge is -2.54. The molecule has 19 heavy (non-hydrogen) atoms. The van der Waals surface area contributed by atoms with Crippen molar-refractivity contribution in [3.05, 3.63) is 23.5 Å². The van der Waals surface area contributed by atoms with E-state index in [1.807, 2.05) is 30.7 Å². The average molecular weight is 261 g/mol. The molecule has 0 unspecified atom stereocenters. The molecular weight excluding hydrogens is 238 g/mol. The molecule has 1 aromatic rings. The van der Waals surface area contributed by atoms with Crippen LogP contribution in [0.15, 0.2) is 12.1 Å². The van der Waals surface area contributed by atoms with Crippen LogP contribution >= 0.6 is 0 Å². The van der Waals surface area contributed by atoms with Gasteiger partial charge in [0.15, 0.2) is 0 Å². The van der Waals surface area contributed by atoms with Crippen molar-refractivity contribution in [1.29, 1.82) is 0 Å². The van der Waals surface area contributed by atoms with E-state index in [1.54, 1.807) is 0 Å². The molecule has 2 bridgehead atoms. The molecular formula is C15H23N3O. The Morgan fingerprint density at radius 2 is 2.11 bits per heavy atom. The number of rotatable bonds is 2. The summed E-state index contributed by atoms with van der Waals surface area (Å²) in [5.41, 5.74) is 7.85. The molecule has 2 N–H and O–H groups in total. The van der Waals surface area contributed by atoms with Crippen molar-refractivity contribution in [3.63, 3.8) is 0 Å². The Morgan fingerprint density at radius 1 is 1.42 bits per heavy atom. The van der Waals surface area contributed by atoms with E-state index in [1.165, 1.54) is 12.8 Å². The van der Waals surface area contributed by atoms with Gasteiger partial charge in [-0.3, -0.25) is 4.79 Å². The first-order valence-electron chi connectivity index (χ1n) is 7.22. The van der Waals surface area contributed by atoms with Gasteiger partial charge < -0.3 is 15.2 Å². The number of fused-ring (bicyclic) bond motifs is 3. The summed E-state index contributed by atoms with van der Waals surface area (Å²) in [6, 6.07) is 3.94. The molecule has 2 saturated heterocycles. The first kappa shape index (κ1) is 12.7. The molecule has 0 radical (unpaired) electrons. The summed E-state index contributed by atoms with van der Waals surface area (Å²) >= 11 is 0. The van der Waals surface area contributed by atoms with Crippen molar-refractivity contribution in [2.75, 3.05) is 13.1 Å². The lowest BCUT2D eigenvalue weighted by atomic mass is 9.70. The van der Waals surface area contributed by atoms with Crippen molar-refractivity contribution in [1.82, 2.24) is 9.47 Å². The highest BCUT2D eigenvalue weighted by molar-refractivity contribution is 5.93. The van der Waals surface area contributed by atoms with E-state index < -0.39 is 0 Å². The number of amides is 1. The molecule has 0 spiro atoms. The van der Waals surface area contributed by atoms with Crippen molar-refractivity contribution in [3.8, 4) is 0 Å². The first-order chi connectivity index (χ1) is 9.07. The van der Waals surface area contributed by atoms with Crippen LogP contribution in [-0.4, -0.2) is 34.0 Å². The highest BCUT2D eigenvalue weighted by Crippen LogP contribution is 2.43. The van der Waals surface area contributed by atoms with Crippen molar-refractivity contribution in [2.24, 2.45) is 18.7 Å². The fourth-order valence-corrected chi connectivity index (χ4v) is 3.70. The Balaban J connectivity index is 1.93. The summed E-state index contributed by atoms with van der Waals surface area (Å²) in [7, 11) is 1.96. The van der Waals surface area contributed by atoms with Crippen molar-refractivity contribution >= 4 is 5.91 Å². The van der Waals surface area contributed by atoms with Gasteiger partial charge in [0.25, 0.3) is 5.91 Å². The molecule has 1 aliphatic carbocycles. The highest BCUT2D eigenvalue weighted by atomic mass is 16.2. The Labute approximate surface area is 114 Å². The maximum absolute atomic E-state index is 12.8. The smallest absolute Gasteiger partial charge is 0.270 e. The molecule has 3 heterocycles. The second-order valence-electron chi connectivity index (χ2n) is 6.21. The van der Waals surface area contributed by atoms with Crippen LogP contribution in [0, 0.1) is 12.8 Å². The highest BCUT2D eigenvalue weighted by Gasteiger charge is 2.47. The lowest BCUT2D eigenvalue weighted by Crippen LogP contribution is -2.63. The second kappa shape index (κ2) is 4.37. The zero-order valence-electron chi connectivity index (χ0n) is 11.9. The second-order valence-corrected chi connectivity index (χ2v) is 6.21. The summed E-state index contributed by atoms with van der Waals surface area (Å²) in [4.78, 5) is 14.9. The minimum absolute atomic E-state index is 0.0794. The van der Waals surface area contributed by atoms with Crippen LogP contribution in [0.3, 0.4) is 0 Å². The average Bonchev–Trinajstić information content (AvgIpc) is 2.79. The van der Waals surface area contributed by atoms with E-state index in [0.29, 0.717) is 12.5 Å². The van der Waals surface area contributed by atoms with Crippen LogP contribution in [0.1, 0.15) is 41.9 Å². The predicted molar refractivity (Wildman–Crippen MR) is 74.9 cm³/mol. The summed E-state index contributed by atoms with van der Waals surface area (Å²) in [6.07, 6.45) is 4.60. The zero-order valence-corrected chi connectivity index (χ0v) is 11.9. The summed E-state index contributed by atoms with van der Waals surface area (Å²) in [5, 5.41) is 0. The van der Waals surface area contributed by atoms with Gasteiger partial charge >= 0.3 is 0 Å². The number of carbonyl (C=O) groups excluding carboxylic acids is 1. The standard InChI is InChI=1S/C15H23N3O/c1-11-3-4-13(17(11)2)14(19)18-9-12-5-7-15(18,10-16)8-6-12/h3-4,12H,5-10,16H2,1-2H3. The predicted octanol–water partition coefficient (Wildman–Crippen LogP) is 1.68. The first-order valence-corrected chi connectivity index (χ1v) is 7.22. The molecule has 4 rings (SSSR count). The van der Waals surface area contributed by atoms with Crippen LogP contribution < -0.4 is 5.73 Å². The molecule has 4 nitrogen and oxygen atoms in total. The number of carbonyl (C=O) groups is 1. The SMILES string of the molecule is Cc1ccc(C(=O)N2CC3CCC2(CN)CC3)n1C. The number of nitrogens with two attached hydrogens (primary N) is 1. The molecule has 2 aliphatic heterocycles. The number of aryl methyl sites for hydroxylation is 1. The fourth-order valence-electron chi connectivity index (χ4n) is 3.70. The van der Waals surface area contributed by atoms with Crippen LogP contribution in [0.25, 0.3) is 0 Å². The largest absolute Gasteiger partial charge is 0.344 e. The van der Waals surface area contributed by atoms with Crippen molar-refractivity contribution < 1.29 is 4.79 Å². The summed E-state index contributed by atoms with van der Waals surface area (Å²) in [5.74, 6) is 0.837. The molecule has 3 aliphatic rings. The topological polar surface area (TPSA) is 51.3 Å². The summed E-state index contributed by atoms with van der Waals surface area (Å²) in [6.45, 7) is 3.51. The number of hydrogen-bond donors (Lipinski definition) is 1. The van der Waals surface area contributed by atoms with Gasteiger partial charge in [-0.1, -0.05) is 0 Å². The molecule has 1 aromatic heterocycles. The number of hydrogen-bond acceptors (Lipinski definition) is 2. The van der Waals surface area contributed by atoms with Gasteiger partial charge in [0.05, 0.1) is 5.54 Å². The van der Waals surface area contributed by atoms with E-state index in [4.69, 9.17) is 5.73 Å². The van der Waals surface area contributed by atoms with Crippen LogP contribution in [0.2, 0.25) is 0 Å². The van der Waals surface area contributed by atoms with E-state index in [2.05, 4.69) is 4.90 Å². The van der Waals surface area contributed by atoms with E-state index in [0.717, 1.165) is 30.8 Å². The number of nitrogens with zero attached hydrogens (tertiary/aromatic N) is 2. The van der Waals surface area contributed by atoms with E-state index in [-0.39, 0.29) is 11.4 Å². The third-order valence-corrected chi connectivity index (χ3v) is 5.27. The molecule has 1 amide bonds. The van der Waals surface area contributed by atoms with E-state index >= 15 is 0 Å². The van der Waals surface area contributed by atoms with Crippen LogP contribution in [-0.2, 0) is 7.05 Å². The zero-order chi connectivity index (χ0) is 13.6. The Morgan fingerprint density at radius 3 is 2.63 bits per heavy atom. The van der Waals surface area contributed by atoms with E-state index in [9.17, 15) is 4.79 Å². The fraction of sp³-hybridized carbons (Fsp3) is 0.667. The Hall–Kier alpha value is -1.29. The van der Waals surface area contributed by atoms with Crippen LogP contribution in [0.5, 0.6) is 0 Å². The summed E-state index contributed by atoms with van der Waals surface area (Å²) < 4.78 is 1.98. The maximum atomic E-state index is 12.8. The third-order valence-electron chi connectivity index (χ3n) is 5.27. The van der Waals surface area contributed by atoms with Crippen molar-refractivity contribution in [2.45, 2.75) is 38.1 Å². The maximum Gasteiger partial charge on any atom is 0.270 e. The molecule has 3 fully saturated rings. The molecule has 0 aromatic carbocycles. The lowest BCUT2D eigenvalue weighted by molar-refractivity contribution is -0.0158. The number of aromatic nitrogens is 1. The molecule has 104 valence electrons. The molecule has 0 atom stereocenters. The molecule has 4 heteroatoms. The minimum atomic E-state index is -0.0794. The Kier molecular flexibility index (Phi) is 2.93. The Bertz CT molecular complexity index is 497. The minimum Gasteiger partial charge on any atom is -0.344 e. The normalized spacial score (nSPS) is 29.8. The van der Waals surface area contributed by atoms with Gasteiger partial charge in [-0.15, -0.1) is 0 Å². The van der Waals surface area contributed by atoms with Gasteiger partial charge in [-0.2, -0.15) is 0 Å². The van der Waals surface area contributed by atoms with Crippen LogP contribution in [0.4, 0.5) is 0 Å². The molecule has 1 saturated carbocycles. The van der Waals surface area contributed by atoms with Gasteiger partial charge in [-0.05, 0) is 50.7 Å². The number of piperidine rings is 2. The van der Waals surface area contributed by atoms with Gasteiger partial charge in [-0.25, -0.2) is 0 Å². The van der Waals surface area contributed by atoms with Gasteiger partial charge in [0.1, 0.15) is 5.69 Å². The quantitative estimate of drug-likeness (QED) is 0.880. The monoisotopic (exact) mass is 261 g/mol. The third kappa shape index (κ3) is 1.81.